The molecule has 0 bridgehead atoms. The van der Waals surface area contributed by atoms with Gasteiger partial charge in [-0.3, -0.25) is 0 Å². The predicted octanol–water partition coefficient (Wildman–Crippen LogP) is 3.76. The molecule has 0 saturated carbocycles. The van der Waals surface area contributed by atoms with E-state index in [9.17, 15) is 13.2 Å². The summed E-state index contributed by atoms with van der Waals surface area (Å²) in [6.07, 6.45) is -2.91. The summed E-state index contributed by atoms with van der Waals surface area (Å²) >= 11 is 5.74. The van der Waals surface area contributed by atoms with Gasteiger partial charge in [-0.2, -0.15) is 13.2 Å². The molecular weight excluding hydrogens is 253 g/mol. The second-order valence-electron chi connectivity index (χ2n) is 3.55. The van der Waals surface area contributed by atoms with Crippen LogP contribution in [0, 0.1) is 0 Å². The van der Waals surface area contributed by atoms with Gasteiger partial charge in [0.05, 0.1) is 17.5 Å². The van der Waals surface area contributed by atoms with Crippen molar-refractivity contribution in [2.45, 2.75) is 6.18 Å². The zero-order chi connectivity index (χ0) is 12.6. The lowest BCUT2D eigenvalue weighted by Crippen LogP contribution is -2.04. The molecule has 0 unspecified atom stereocenters. The SMILES string of the molecule is Cn1c(-c2cccc(C(F)(F)F)c2)cnc1Cl. The summed E-state index contributed by atoms with van der Waals surface area (Å²) in [5.74, 6) is 0. The van der Waals surface area contributed by atoms with Crippen molar-refractivity contribution < 1.29 is 13.2 Å². The Kier molecular flexibility index (Phi) is 2.87. The molecule has 6 heteroatoms. The number of imidazole rings is 1. The first kappa shape index (κ1) is 12.0. The van der Waals surface area contributed by atoms with Gasteiger partial charge in [0.2, 0.25) is 5.28 Å². The number of benzene rings is 1. The molecule has 0 amide bonds. The second-order valence-corrected chi connectivity index (χ2v) is 3.89. The third kappa shape index (κ3) is 2.29. The summed E-state index contributed by atoms with van der Waals surface area (Å²) in [4.78, 5) is 3.83. The Hall–Kier alpha value is -1.49. The fraction of sp³-hybridized carbons (Fsp3) is 0.182. The molecular formula is C11H8ClF3N2. The van der Waals surface area contributed by atoms with Crippen LogP contribution in [0.1, 0.15) is 5.56 Å². The lowest BCUT2D eigenvalue weighted by atomic mass is 10.1. The second kappa shape index (κ2) is 4.07. The Labute approximate surface area is 101 Å². The lowest BCUT2D eigenvalue weighted by molar-refractivity contribution is -0.137. The van der Waals surface area contributed by atoms with E-state index in [1.165, 1.54) is 16.8 Å². The third-order valence-electron chi connectivity index (χ3n) is 2.42. The van der Waals surface area contributed by atoms with Gasteiger partial charge in [-0.25, -0.2) is 4.98 Å². The van der Waals surface area contributed by atoms with Crippen molar-refractivity contribution in [1.82, 2.24) is 9.55 Å². The van der Waals surface area contributed by atoms with Gasteiger partial charge in [-0.05, 0) is 23.7 Å². The van der Waals surface area contributed by atoms with Crippen LogP contribution in [0.15, 0.2) is 30.5 Å². The largest absolute Gasteiger partial charge is 0.416 e. The summed E-state index contributed by atoms with van der Waals surface area (Å²) in [5.41, 5.74) is 0.287. The van der Waals surface area contributed by atoms with Crippen LogP contribution < -0.4 is 0 Å². The first-order chi connectivity index (χ1) is 7.89. The molecule has 90 valence electrons. The van der Waals surface area contributed by atoms with Crippen molar-refractivity contribution in [3.8, 4) is 11.3 Å². The Balaban J connectivity index is 2.51. The van der Waals surface area contributed by atoms with Gasteiger partial charge in [0.25, 0.3) is 0 Å². The van der Waals surface area contributed by atoms with E-state index in [0.29, 0.717) is 11.3 Å². The Bertz CT molecular complexity index is 546. The zero-order valence-corrected chi connectivity index (χ0v) is 9.55. The average Bonchev–Trinajstić information content (AvgIpc) is 2.59. The van der Waals surface area contributed by atoms with Crippen molar-refractivity contribution in [1.29, 1.82) is 0 Å². The molecule has 17 heavy (non-hydrogen) atoms. The molecule has 0 saturated heterocycles. The van der Waals surface area contributed by atoms with E-state index >= 15 is 0 Å². The smallest absolute Gasteiger partial charge is 0.318 e. The van der Waals surface area contributed by atoms with Crippen molar-refractivity contribution in [3.05, 3.63) is 41.3 Å². The molecule has 0 aliphatic carbocycles. The first-order valence-electron chi connectivity index (χ1n) is 4.74. The van der Waals surface area contributed by atoms with E-state index in [0.717, 1.165) is 12.1 Å². The number of rotatable bonds is 1. The molecule has 0 aliphatic heterocycles. The Morgan fingerprint density at radius 1 is 1.29 bits per heavy atom. The van der Waals surface area contributed by atoms with Crippen LogP contribution in [0.2, 0.25) is 5.28 Å². The van der Waals surface area contributed by atoms with Gasteiger partial charge < -0.3 is 4.57 Å². The average molecular weight is 261 g/mol. The number of halogens is 4. The van der Waals surface area contributed by atoms with Crippen molar-refractivity contribution >= 4 is 11.6 Å². The monoisotopic (exact) mass is 260 g/mol. The van der Waals surface area contributed by atoms with Crippen molar-refractivity contribution in [3.63, 3.8) is 0 Å². The number of hydrogen-bond acceptors (Lipinski definition) is 1. The highest BCUT2D eigenvalue weighted by atomic mass is 35.5. The molecule has 2 aromatic rings. The molecule has 0 N–H and O–H groups in total. The maximum Gasteiger partial charge on any atom is 0.416 e. The van der Waals surface area contributed by atoms with Crippen LogP contribution in [0.5, 0.6) is 0 Å². The van der Waals surface area contributed by atoms with E-state index in [-0.39, 0.29) is 5.28 Å². The van der Waals surface area contributed by atoms with E-state index in [2.05, 4.69) is 4.98 Å². The molecule has 1 aromatic heterocycles. The van der Waals surface area contributed by atoms with Gasteiger partial charge in [-0.1, -0.05) is 12.1 Å². The molecule has 1 aromatic carbocycles. The van der Waals surface area contributed by atoms with Gasteiger partial charge in [0.15, 0.2) is 0 Å². The normalized spacial score (nSPS) is 11.8. The van der Waals surface area contributed by atoms with Gasteiger partial charge in [-0.15, -0.1) is 0 Å². The predicted molar refractivity (Wildman–Crippen MR) is 58.7 cm³/mol. The van der Waals surface area contributed by atoms with Gasteiger partial charge in [0.1, 0.15) is 0 Å². The van der Waals surface area contributed by atoms with E-state index in [4.69, 9.17) is 11.6 Å². The van der Waals surface area contributed by atoms with Crippen LogP contribution in [0.4, 0.5) is 13.2 Å². The molecule has 2 rings (SSSR count). The van der Waals surface area contributed by atoms with Crippen LogP contribution in [-0.2, 0) is 13.2 Å². The fourth-order valence-electron chi connectivity index (χ4n) is 1.51. The minimum atomic E-state index is -4.35. The van der Waals surface area contributed by atoms with Crippen molar-refractivity contribution in [2.75, 3.05) is 0 Å². The standard InChI is InChI=1S/C11H8ClF3N2/c1-17-9(6-16-10(17)12)7-3-2-4-8(5-7)11(13,14)15/h2-6H,1H3. The summed E-state index contributed by atoms with van der Waals surface area (Å²) in [6.45, 7) is 0. The Morgan fingerprint density at radius 2 is 2.00 bits per heavy atom. The molecule has 0 aliphatic rings. The first-order valence-corrected chi connectivity index (χ1v) is 5.12. The lowest BCUT2D eigenvalue weighted by Gasteiger charge is -2.09. The van der Waals surface area contributed by atoms with Crippen LogP contribution in [0.3, 0.4) is 0 Å². The summed E-state index contributed by atoms with van der Waals surface area (Å²) in [7, 11) is 1.64. The van der Waals surface area contributed by atoms with Gasteiger partial charge in [0, 0.05) is 12.6 Å². The number of aromatic nitrogens is 2. The number of hydrogen-bond donors (Lipinski definition) is 0. The van der Waals surface area contributed by atoms with E-state index in [1.807, 2.05) is 0 Å². The summed E-state index contributed by atoms with van der Waals surface area (Å²) < 4.78 is 39.1. The van der Waals surface area contributed by atoms with E-state index < -0.39 is 11.7 Å². The molecule has 2 nitrogen and oxygen atoms in total. The van der Waals surface area contributed by atoms with Crippen LogP contribution >= 0.6 is 11.6 Å². The minimum absolute atomic E-state index is 0.234. The molecule has 0 radical (unpaired) electrons. The van der Waals surface area contributed by atoms with Gasteiger partial charge >= 0.3 is 6.18 Å². The highest BCUT2D eigenvalue weighted by molar-refractivity contribution is 6.28. The topological polar surface area (TPSA) is 17.8 Å². The Morgan fingerprint density at radius 3 is 2.53 bits per heavy atom. The highest BCUT2D eigenvalue weighted by Gasteiger charge is 2.30. The summed E-state index contributed by atoms with van der Waals surface area (Å²) in [6, 6.07) is 5.05. The third-order valence-corrected chi connectivity index (χ3v) is 2.77. The maximum atomic E-state index is 12.5. The van der Waals surface area contributed by atoms with Crippen LogP contribution in [-0.4, -0.2) is 9.55 Å². The van der Waals surface area contributed by atoms with E-state index in [1.54, 1.807) is 13.1 Å². The molecule has 0 spiro atoms. The quantitative estimate of drug-likeness (QED) is 0.763. The zero-order valence-electron chi connectivity index (χ0n) is 8.79. The molecule has 0 fully saturated rings. The van der Waals surface area contributed by atoms with Crippen LogP contribution in [0.25, 0.3) is 11.3 Å². The molecule has 0 atom stereocenters. The number of alkyl halides is 3. The fourth-order valence-corrected chi connectivity index (χ4v) is 1.65. The number of nitrogens with zero attached hydrogens (tertiary/aromatic N) is 2. The minimum Gasteiger partial charge on any atom is -0.318 e. The summed E-state index contributed by atoms with van der Waals surface area (Å²) in [5, 5.41) is 0.234. The maximum absolute atomic E-state index is 12.5. The highest BCUT2D eigenvalue weighted by Crippen LogP contribution is 2.32. The van der Waals surface area contributed by atoms with Crippen molar-refractivity contribution in [2.24, 2.45) is 7.05 Å². The molecule has 1 heterocycles.